The van der Waals surface area contributed by atoms with E-state index in [1.165, 1.54) is 94.1 Å². The zero-order valence-corrected chi connectivity index (χ0v) is 21.1. The van der Waals surface area contributed by atoms with Gasteiger partial charge in [-0.15, -0.1) is 0 Å². The summed E-state index contributed by atoms with van der Waals surface area (Å²) in [6, 6.07) is 16.8. The van der Waals surface area contributed by atoms with Gasteiger partial charge in [0.05, 0.1) is 21.3 Å². The van der Waals surface area contributed by atoms with E-state index >= 15 is 0 Å². The van der Waals surface area contributed by atoms with E-state index in [0.717, 1.165) is 0 Å². The molecule has 0 fully saturated rings. The molecule has 3 aromatic carbocycles. The average Bonchev–Trinajstić information content (AvgIpc) is 2.89. The molecule has 3 aromatic rings. The highest BCUT2D eigenvalue weighted by molar-refractivity contribution is 7.50. The lowest BCUT2D eigenvalue weighted by atomic mass is 10.3. The molecule has 0 atom stereocenters. The number of phosphoric acid groups is 1. The Labute approximate surface area is 216 Å². The number of rotatable bonds is 9. The van der Waals surface area contributed by atoms with Gasteiger partial charge < -0.3 is 42.0 Å². The fraction of sp³-hybridized carbons (Fsp3) is 0.125. The standard InChI is InChI=1S/C24H21O13P/c1-29-16-4-10-19(11-5-16)32-22(25)35-38(28,36-23(26)33-20-12-6-17(30-2)7-13-20)37-24(27)34-21-14-8-18(31-3)9-15-21/h4-15H,1-3H3. The van der Waals surface area contributed by atoms with Crippen LogP contribution in [0.1, 0.15) is 0 Å². The van der Waals surface area contributed by atoms with E-state index in [-0.39, 0.29) is 17.2 Å². The minimum absolute atomic E-state index is 0.0519. The van der Waals surface area contributed by atoms with Crippen molar-refractivity contribution in [2.75, 3.05) is 21.3 Å². The summed E-state index contributed by atoms with van der Waals surface area (Å²) in [7, 11) is -1.04. The number of ether oxygens (including phenoxy) is 6. The van der Waals surface area contributed by atoms with Gasteiger partial charge in [0.2, 0.25) is 0 Å². The molecule has 0 heterocycles. The molecule has 0 saturated heterocycles. The molecule has 14 heteroatoms. The Morgan fingerprint density at radius 3 is 0.868 bits per heavy atom. The molecule has 0 bridgehead atoms. The summed E-state index contributed by atoms with van der Waals surface area (Å²) in [6.45, 7) is 0. The van der Waals surface area contributed by atoms with Gasteiger partial charge in [-0.05, 0) is 72.8 Å². The van der Waals surface area contributed by atoms with Crippen LogP contribution in [0.4, 0.5) is 14.4 Å². The first-order valence-corrected chi connectivity index (χ1v) is 11.9. The van der Waals surface area contributed by atoms with Crippen LogP contribution >= 0.6 is 7.82 Å². The maximum absolute atomic E-state index is 13.1. The first-order valence-electron chi connectivity index (χ1n) is 10.5. The maximum Gasteiger partial charge on any atom is 0.661 e. The molecule has 13 nitrogen and oxygen atoms in total. The zero-order valence-electron chi connectivity index (χ0n) is 20.2. The van der Waals surface area contributed by atoms with E-state index in [4.69, 9.17) is 28.4 Å². The molecule has 0 aliphatic carbocycles. The van der Waals surface area contributed by atoms with Crippen LogP contribution in [-0.2, 0) is 18.1 Å². The van der Waals surface area contributed by atoms with Gasteiger partial charge in [-0.3, -0.25) is 0 Å². The van der Waals surface area contributed by atoms with E-state index in [1.54, 1.807) is 0 Å². The van der Waals surface area contributed by atoms with Crippen molar-refractivity contribution in [2.45, 2.75) is 0 Å². The molecule has 38 heavy (non-hydrogen) atoms. The molecule has 0 N–H and O–H groups in total. The molecule has 0 radical (unpaired) electrons. The highest BCUT2D eigenvalue weighted by atomic mass is 31.2. The van der Waals surface area contributed by atoms with E-state index in [9.17, 15) is 18.9 Å². The van der Waals surface area contributed by atoms with Gasteiger partial charge in [0.25, 0.3) is 0 Å². The van der Waals surface area contributed by atoms with Crippen LogP contribution in [-0.4, -0.2) is 39.8 Å². The Hall–Kier alpha value is -4.90. The molecule has 0 spiro atoms. The van der Waals surface area contributed by atoms with E-state index in [2.05, 4.69) is 13.6 Å². The lowest BCUT2D eigenvalue weighted by Gasteiger charge is -2.16. The molecule has 0 aromatic heterocycles. The van der Waals surface area contributed by atoms with Gasteiger partial charge in [-0.2, -0.15) is 4.57 Å². The number of carbonyl (C=O) groups excluding carboxylic acids is 3. The summed E-state index contributed by atoms with van der Waals surface area (Å²) in [5.41, 5.74) is 0. The molecule has 0 amide bonds. The number of hydrogen-bond donors (Lipinski definition) is 0. The van der Waals surface area contributed by atoms with Gasteiger partial charge in [0.15, 0.2) is 0 Å². The van der Waals surface area contributed by atoms with Crippen LogP contribution in [0.2, 0.25) is 0 Å². The summed E-state index contributed by atoms with van der Waals surface area (Å²) in [4.78, 5) is 36.8. The van der Waals surface area contributed by atoms with E-state index < -0.39 is 26.3 Å². The SMILES string of the molecule is COc1ccc(OC(=O)OP(=O)(OC(=O)Oc2ccc(OC)cc2)OC(=O)Oc2ccc(OC)cc2)cc1. The Morgan fingerprint density at radius 2 is 0.658 bits per heavy atom. The predicted molar refractivity (Wildman–Crippen MR) is 128 cm³/mol. The Morgan fingerprint density at radius 1 is 0.447 bits per heavy atom. The van der Waals surface area contributed by atoms with Crippen LogP contribution in [0.15, 0.2) is 72.8 Å². The lowest BCUT2D eigenvalue weighted by Crippen LogP contribution is -2.19. The highest BCUT2D eigenvalue weighted by Gasteiger charge is 2.42. The normalized spacial score (nSPS) is 10.4. The van der Waals surface area contributed by atoms with Crippen LogP contribution in [0, 0.1) is 0 Å². The number of methoxy groups -OCH3 is 3. The Balaban J connectivity index is 1.72. The fourth-order valence-corrected chi connectivity index (χ4v) is 3.38. The third-order valence-corrected chi connectivity index (χ3v) is 5.46. The van der Waals surface area contributed by atoms with Gasteiger partial charge in [-0.1, -0.05) is 0 Å². The smallest absolute Gasteiger partial charge is 0.497 e. The molecular weight excluding hydrogens is 527 g/mol. The van der Waals surface area contributed by atoms with Crippen molar-refractivity contribution in [1.82, 2.24) is 0 Å². The summed E-state index contributed by atoms with van der Waals surface area (Å²) >= 11 is 0. The Kier molecular flexibility index (Phi) is 9.38. The van der Waals surface area contributed by atoms with Crippen molar-refractivity contribution in [2.24, 2.45) is 0 Å². The van der Waals surface area contributed by atoms with Crippen molar-refractivity contribution in [3.05, 3.63) is 72.8 Å². The van der Waals surface area contributed by atoms with Crippen molar-refractivity contribution in [3.8, 4) is 34.5 Å². The first kappa shape index (κ1) is 27.7. The number of hydrogen-bond acceptors (Lipinski definition) is 13. The second-order valence-corrected chi connectivity index (χ2v) is 8.25. The first-order chi connectivity index (χ1) is 18.2. The van der Waals surface area contributed by atoms with E-state index in [1.807, 2.05) is 0 Å². The molecular formula is C24H21O13P. The van der Waals surface area contributed by atoms with Crippen LogP contribution in [0.3, 0.4) is 0 Å². The minimum Gasteiger partial charge on any atom is -0.497 e. The van der Waals surface area contributed by atoms with Gasteiger partial charge >= 0.3 is 26.3 Å². The molecule has 3 rings (SSSR count). The number of carbonyl (C=O) groups is 3. The topological polar surface area (TPSA) is 151 Å². The van der Waals surface area contributed by atoms with Crippen LogP contribution < -0.4 is 28.4 Å². The van der Waals surface area contributed by atoms with Crippen molar-refractivity contribution >= 4 is 26.3 Å². The van der Waals surface area contributed by atoms with Crippen LogP contribution in [0.25, 0.3) is 0 Å². The van der Waals surface area contributed by atoms with Crippen LogP contribution in [0.5, 0.6) is 34.5 Å². The summed E-state index contributed by atoms with van der Waals surface area (Å²) in [5.74, 6) is 1.23. The fourth-order valence-electron chi connectivity index (χ4n) is 2.61. The summed E-state index contributed by atoms with van der Waals surface area (Å²) in [6.07, 6.45) is -4.89. The molecule has 200 valence electrons. The quantitative estimate of drug-likeness (QED) is 0.181. The third kappa shape index (κ3) is 8.35. The largest absolute Gasteiger partial charge is 0.661 e. The third-order valence-electron chi connectivity index (χ3n) is 4.34. The van der Waals surface area contributed by atoms with Crippen molar-refractivity contribution < 1.29 is 60.9 Å². The monoisotopic (exact) mass is 548 g/mol. The summed E-state index contributed by atoms with van der Waals surface area (Å²) in [5, 5.41) is 0. The lowest BCUT2D eigenvalue weighted by molar-refractivity contribution is 0.0915. The van der Waals surface area contributed by atoms with Gasteiger partial charge in [0, 0.05) is 0 Å². The zero-order chi connectivity index (χ0) is 27.5. The number of benzene rings is 3. The molecule has 0 unspecified atom stereocenters. The van der Waals surface area contributed by atoms with Gasteiger partial charge in [0.1, 0.15) is 34.5 Å². The molecule has 0 saturated carbocycles. The number of phosphoric ester groups is 1. The highest BCUT2D eigenvalue weighted by Crippen LogP contribution is 2.50. The molecule has 0 aliphatic rings. The second-order valence-electron chi connectivity index (χ2n) is 6.80. The minimum atomic E-state index is -5.34. The van der Waals surface area contributed by atoms with Crippen molar-refractivity contribution in [3.63, 3.8) is 0 Å². The molecule has 0 aliphatic heterocycles. The predicted octanol–water partition coefficient (Wildman–Crippen LogP) is 5.77. The maximum atomic E-state index is 13.1. The van der Waals surface area contributed by atoms with Gasteiger partial charge in [-0.25, -0.2) is 14.4 Å². The Bertz CT molecular complexity index is 1130. The summed E-state index contributed by atoms with van der Waals surface area (Å²) < 4.78 is 56.4. The average molecular weight is 548 g/mol. The van der Waals surface area contributed by atoms with E-state index in [0.29, 0.717) is 17.2 Å². The van der Waals surface area contributed by atoms with Crippen molar-refractivity contribution in [1.29, 1.82) is 0 Å². The second kappa shape index (κ2) is 12.9.